The zero-order valence-electron chi connectivity index (χ0n) is 10.7. The standard InChI is InChI=1S/C13H11F2N3O3/c14-13(15)21-11-3-1-2-9(6-11)7-16-12-5-4-10(8-17-12)18(19)20/h1-6,8,13H,7H2,(H,16,17). The van der Waals surface area contributed by atoms with Crippen LogP contribution in [0.5, 0.6) is 5.75 Å². The highest BCUT2D eigenvalue weighted by Gasteiger charge is 2.06. The van der Waals surface area contributed by atoms with E-state index in [4.69, 9.17) is 0 Å². The Balaban J connectivity index is 1.97. The molecule has 0 aliphatic heterocycles. The minimum Gasteiger partial charge on any atom is -0.435 e. The van der Waals surface area contributed by atoms with Crippen molar-refractivity contribution in [2.24, 2.45) is 0 Å². The number of hydrogen-bond donors (Lipinski definition) is 1. The average molecular weight is 295 g/mol. The molecule has 1 aromatic carbocycles. The van der Waals surface area contributed by atoms with E-state index in [-0.39, 0.29) is 11.4 Å². The molecule has 0 aliphatic rings. The molecule has 0 atom stereocenters. The fourth-order valence-corrected chi connectivity index (χ4v) is 1.62. The van der Waals surface area contributed by atoms with Crippen LogP contribution in [0.3, 0.4) is 0 Å². The van der Waals surface area contributed by atoms with Gasteiger partial charge < -0.3 is 10.1 Å². The molecule has 21 heavy (non-hydrogen) atoms. The molecular formula is C13H11F2N3O3. The first-order valence-corrected chi connectivity index (χ1v) is 5.92. The third kappa shape index (κ3) is 4.37. The van der Waals surface area contributed by atoms with Crippen LogP contribution in [-0.2, 0) is 6.54 Å². The minimum atomic E-state index is -2.87. The molecule has 8 heteroatoms. The van der Waals surface area contributed by atoms with Crippen LogP contribution >= 0.6 is 0 Å². The van der Waals surface area contributed by atoms with Crippen LogP contribution in [0.15, 0.2) is 42.6 Å². The zero-order valence-corrected chi connectivity index (χ0v) is 10.7. The molecule has 1 aromatic heterocycles. The molecule has 0 aliphatic carbocycles. The van der Waals surface area contributed by atoms with Gasteiger partial charge in [0.2, 0.25) is 0 Å². The van der Waals surface area contributed by atoms with Gasteiger partial charge in [0.15, 0.2) is 0 Å². The predicted octanol–water partition coefficient (Wildman–Crippen LogP) is 3.20. The molecule has 0 fully saturated rings. The van der Waals surface area contributed by atoms with Gasteiger partial charge in [-0.2, -0.15) is 8.78 Å². The fraction of sp³-hybridized carbons (Fsp3) is 0.154. The summed E-state index contributed by atoms with van der Waals surface area (Å²) in [6, 6.07) is 9.03. The zero-order chi connectivity index (χ0) is 15.2. The van der Waals surface area contributed by atoms with Crippen LogP contribution in [0, 0.1) is 10.1 Å². The van der Waals surface area contributed by atoms with Crippen LogP contribution in [0.25, 0.3) is 0 Å². The summed E-state index contributed by atoms with van der Waals surface area (Å²) in [5.74, 6) is 0.515. The van der Waals surface area contributed by atoms with Crippen molar-refractivity contribution in [2.45, 2.75) is 13.2 Å². The number of pyridine rings is 1. The number of nitro groups is 1. The summed E-state index contributed by atoms with van der Waals surface area (Å²) in [7, 11) is 0. The highest BCUT2D eigenvalue weighted by atomic mass is 19.3. The van der Waals surface area contributed by atoms with Gasteiger partial charge >= 0.3 is 6.61 Å². The number of benzene rings is 1. The van der Waals surface area contributed by atoms with Gasteiger partial charge in [-0.05, 0) is 23.8 Å². The van der Waals surface area contributed by atoms with E-state index in [1.54, 1.807) is 12.1 Å². The lowest BCUT2D eigenvalue weighted by atomic mass is 10.2. The van der Waals surface area contributed by atoms with E-state index >= 15 is 0 Å². The van der Waals surface area contributed by atoms with E-state index in [0.717, 1.165) is 6.20 Å². The lowest BCUT2D eigenvalue weighted by Gasteiger charge is -2.08. The number of anilines is 1. The van der Waals surface area contributed by atoms with Gasteiger partial charge in [0.25, 0.3) is 5.69 Å². The topological polar surface area (TPSA) is 77.3 Å². The summed E-state index contributed by atoms with van der Waals surface area (Å²) in [6.45, 7) is -2.55. The number of aromatic nitrogens is 1. The number of rotatable bonds is 6. The van der Waals surface area contributed by atoms with Gasteiger partial charge in [0, 0.05) is 12.6 Å². The second-order valence-corrected chi connectivity index (χ2v) is 4.04. The van der Waals surface area contributed by atoms with Crippen LogP contribution in [-0.4, -0.2) is 16.5 Å². The molecule has 1 heterocycles. The van der Waals surface area contributed by atoms with E-state index in [1.165, 1.54) is 24.3 Å². The van der Waals surface area contributed by atoms with Crippen molar-refractivity contribution in [2.75, 3.05) is 5.32 Å². The van der Waals surface area contributed by atoms with Gasteiger partial charge in [-0.3, -0.25) is 10.1 Å². The maximum atomic E-state index is 12.1. The number of nitrogens with one attached hydrogen (secondary N) is 1. The van der Waals surface area contributed by atoms with Crippen molar-refractivity contribution in [1.82, 2.24) is 4.98 Å². The third-order valence-electron chi connectivity index (χ3n) is 2.56. The van der Waals surface area contributed by atoms with Crippen LogP contribution in [0.1, 0.15) is 5.56 Å². The summed E-state index contributed by atoms with van der Waals surface area (Å²) in [4.78, 5) is 13.8. The molecule has 0 radical (unpaired) electrons. The van der Waals surface area contributed by atoms with Crippen LogP contribution in [0.2, 0.25) is 0 Å². The summed E-state index contributed by atoms with van der Waals surface area (Å²) in [6.07, 6.45) is 1.14. The largest absolute Gasteiger partial charge is 0.435 e. The molecule has 0 saturated carbocycles. The first-order chi connectivity index (χ1) is 10.0. The van der Waals surface area contributed by atoms with Gasteiger partial charge in [-0.1, -0.05) is 12.1 Å². The number of ether oxygens (including phenoxy) is 1. The van der Waals surface area contributed by atoms with Gasteiger partial charge in [0.1, 0.15) is 17.8 Å². The third-order valence-corrected chi connectivity index (χ3v) is 2.56. The summed E-state index contributed by atoms with van der Waals surface area (Å²) in [5, 5.41) is 13.4. The predicted molar refractivity (Wildman–Crippen MR) is 71.3 cm³/mol. The maximum absolute atomic E-state index is 12.1. The Labute approximate surface area is 118 Å². The van der Waals surface area contributed by atoms with Gasteiger partial charge in [-0.15, -0.1) is 0 Å². The Kier molecular flexibility index (Phi) is 4.60. The molecule has 0 spiro atoms. The van der Waals surface area contributed by atoms with Crippen molar-refractivity contribution in [3.05, 3.63) is 58.3 Å². The summed E-state index contributed by atoms with van der Waals surface area (Å²) >= 11 is 0. The van der Waals surface area contributed by atoms with E-state index < -0.39 is 11.5 Å². The second-order valence-electron chi connectivity index (χ2n) is 4.04. The Morgan fingerprint density at radius 3 is 2.76 bits per heavy atom. The first-order valence-electron chi connectivity index (χ1n) is 5.92. The molecular weight excluding hydrogens is 284 g/mol. The van der Waals surface area contributed by atoms with Crippen molar-refractivity contribution < 1.29 is 18.4 Å². The van der Waals surface area contributed by atoms with Crippen molar-refractivity contribution in [1.29, 1.82) is 0 Å². The molecule has 1 N–H and O–H groups in total. The van der Waals surface area contributed by atoms with Gasteiger partial charge in [-0.25, -0.2) is 4.98 Å². The normalized spacial score (nSPS) is 10.4. The van der Waals surface area contributed by atoms with E-state index in [9.17, 15) is 18.9 Å². The van der Waals surface area contributed by atoms with Crippen molar-refractivity contribution >= 4 is 11.5 Å². The molecule has 2 rings (SSSR count). The average Bonchev–Trinajstić information content (AvgIpc) is 2.45. The van der Waals surface area contributed by atoms with Crippen molar-refractivity contribution in [3.8, 4) is 5.75 Å². The number of halogens is 2. The van der Waals surface area contributed by atoms with Crippen LogP contribution < -0.4 is 10.1 Å². The molecule has 0 bridgehead atoms. The smallest absolute Gasteiger partial charge is 0.387 e. The van der Waals surface area contributed by atoms with E-state index in [0.29, 0.717) is 17.9 Å². The fourth-order valence-electron chi connectivity index (χ4n) is 1.62. The maximum Gasteiger partial charge on any atom is 0.387 e. The second kappa shape index (κ2) is 6.60. The Hall–Kier alpha value is -2.77. The number of hydrogen-bond acceptors (Lipinski definition) is 5. The summed E-state index contributed by atoms with van der Waals surface area (Å²) < 4.78 is 28.5. The quantitative estimate of drug-likeness (QED) is 0.654. The molecule has 0 amide bonds. The highest BCUT2D eigenvalue weighted by molar-refractivity contribution is 5.41. The van der Waals surface area contributed by atoms with Crippen LogP contribution in [0.4, 0.5) is 20.3 Å². The molecule has 2 aromatic rings. The number of alkyl halides is 2. The monoisotopic (exact) mass is 295 g/mol. The van der Waals surface area contributed by atoms with Gasteiger partial charge in [0.05, 0.1) is 4.92 Å². The molecule has 0 saturated heterocycles. The van der Waals surface area contributed by atoms with E-state index in [2.05, 4.69) is 15.0 Å². The molecule has 6 nitrogen and oxygen atoms in total. The number of nitrogens with zero attached hydrogens (tertiary/aromatic N) is 2. The Bertz CT molecular complexity index is 620. The first kappa shape index (κ1) is 14.6. The summed E-state index contributed by atoms with van der Waals surface area (Å²) in [5.41, 5.74) is 0.612. The van der Waals surface area contributed by atoms with E-state index in [1.807, 2.05) is 0 Å². The lowest BCUT2D eigenvalue weighted by molar-refractivity contribution is -0.385. The molecule has 0 unspecified atom stereocenters. The lowest BCUT2D eigenvalue weighted by Crippen LogP contribution is -2.04. The molecule has 110 valence electrons. The van der Waals surface area contributed by atoms with Crippen molar-refractivity contribution in [3.63, 3.8) is 0 Å². The Morgan fingerprint density at radius 1 is 1.33 bits per heavy atom. The highest BCUT2D eigenvalue weighted by Crippen LogP contribution is 2.17. The Morgan fingerprint density at radius 2 is 2.14 bits per heavy atom. The minimum absolute atomic E-state index is 0.0703. The SMILES string of the molecule is O=[N+]([O-])c1ccc(NCc2cccc(OC(F)F)c2)nc1.